The van der Waals surface area contributed by atoms with E-state index in [1.165, 1.54) is 37.4 Å². The highest BCUT2D eigenvalue weighted by molar-refractivity contribution is 7.92. The van der Waals surface area contributed by atoms with Gasteiger partial charge in [-0.15, -0.1) is 0 Å². The molecule has 60 heavy (non-hydrogen) atoms. The van der Waals surface area contributed by atoms with Crippen LogP contribution in [-0.2, 0) is 19.6 Å². The highest BCUT2D eigenvalue weighted by Crippen LogP contribution is 2.32. The first-order valence-electron chi connectivity index (χ1n) is 21.2. The molecule has 0 radical (unpaired) electrons. The topological polar surface area (TPSA) is 153 Å². The van der Waals surface area contributed by atoms with E-state index in [0.717, 1.165) is 55.5 Å². The summed E-state index contributed by atoms with van der Waals surface area (Å²) in [4.78, 5) is 36.5. The molecule has 3 N–H and O–H groups in total. The second kappa shape index (κ2) is 26.5. The van der Waals surface area contributed by atoms with Gasteiger partial charge in [-0.3, -0.25) is 9.59 Å². The summed E-state index contributed by atoms with van der Waals surface area (Å²) in [7, 11) is -2.34. The Balaban J connectivity index is 1.40. The SMILES string of the molecule is CC/C=C\C/C=C\C/C=C\C/C=C\C/C=C\CCCC(=O)N1CCC(NC(=O)C[C@H](O)C[C@H](O)/C=C/c2c(-c3ccc(F)cc3)nc(N(C)S(C)(=O)=O)nc2C(C)C)CC1. The summed E-state index contributed by atoms with van der Waals surface area (Å²) < 4.78 is 39.4. The summed E-state index contributed by atoms with van der Waals surface area (Å²) in [5.41, 5.74) is 1.87. The van der Waals surface area contributed by atoms with E-state index in [2.05, 4.69) is 83.0 Å². The fourth-order valence-corrected chi connectivity index (χ4v) is 6.89. The number of piperidine rings is 1. The maximum Gasteiger partial charge on any atom is 0.239 e. The summed E-state index contributed by atoms with van der Waals surface area (Å²) in [6.07, 6.45) is 31.4. The van der Waals surface area contributed by atoms with Gasteiger partial charge in [0.1, 0.15) is 5.82 Å². The van der Waals surface area contributed by atoms with E-state index in [0.29, 0.717) is 54.9 Å². The number of halogens is 1. The Morgan fingerprint density at radius 1 is 0.917 bits per heavy atom. The molecule has 2 atom stereocenters. The number of hydrogen-bond acceptors (Lipinski definition) is 8. The Bertz CT molecular complexity index is 1930. The van der Waals surface area contributed by atoms with Crippen molar-refractivity contribution in [1.29, 1.82) is 0 Å². The smallest absolute Gasteiger partial charge is 0.239 e. The molecule has 0 aliphatic carbocycles. The number of likely N-dealkylation sites (tertiary alicyclic amines) is 1. The Kier molecular flexibility index (Phi) is 21.9. The molecule has 1 aromatic carbocycles. The van der Waals surface area contributed by atoms with Crippen LogP contribution in [0.3, 0.4) is 0 Å². The van der Waals surface area contributed by atoms with E-state index in [9.17, 15) is 32.6 Å². The fraction of sp³-hybridized carbons (Fsp3) is 0.489. The molecule has 1 aromatic heterocycles. The number of unbranched alkanes of at least 4 members (excludes halogenated alkanes) is 1. The predicted molar refractivity (Wildman–Crippen MR) is 241 cm³/mol. The number of benzene rings is 1. The molecule has 11 nitrogen and oxygen atoms in total. The van der Waals surface area contributed by atoms with Crippen molar-refractivity contribution in [2.24, 2.45) is 0 Å². The molecular formula is C47H66FN5O6S. The van der Waals surface area contributed by atoms with Crippen molar-refractivity contribution in [2.45, 2.75) is 122 Å². The van der Waals surface area contributed by atoms with Gasteiger partial charge >= 0.3 is 0 Å². The van der Waals surface area contributed by atoms with Crippen LogP contribution in [0.1, 0.15) is 115 Å². The Morgan fingerprint density at radius 2 is 1.48 bits per heavy atom. The van der Waals surface area contributed by atoms with Crippen molar-refractivity contribution in [1.82, 2.24) is 20.2 Å². The van der Waals surface area contributed by atoms with E-state index in [4.69, 9.17) is 0 Å². The summed E-state index contributed by atoms with van der Waals surface area (Å²) in [6.45, 7) is 7.02. The minimum Gasteiger partial charge on any atom is -0.392 e. The van der Waals surface area contributed by atoms with Gasteiger partial charge in [-0.1, -0.05) is 93.7 Å². The van der Waals surface area contributed by atoms with Gasteiger partial charge < -0.3 is 20.4 Å². The van der Waals surface area contributed by atoms with Gasteiger partial charge in [0.15, 0.2) is 0 Å². The second-order valence-corrected chi connectivity index (χ2v) is 17.4. The summed E-state index contributed by atoms with van der Waals surface area (Å²) in [5.74, 6) is -0.894. The van der Waals surface area contributed by atoms with E-state index < -0.39 is 28.0 Å². The van der Waals surface area contributed by atoms with Crippen molar-refractivity contribution < 1.29 is 32.6 Å². The van der Waals surface area contributed by atoms with Crippen LogP contribution in [0.5, 0.6) is 0 Å². The van der Waals surface area contributed by atoms with Gasteiger partial charge in [0.25, 0.3) is 0 Å². The lowest BCUT2D eigenvalue weighted by molar-refractivity contribution is -0.132. The number of carbonyl (C=O) groups excluding carboxylic acids is 2. The molecule has 0 saturated carbocycles. The van der Waals surface area contributed by atoms with Crippen LogP contribution in [0.15, 0.2) is 91.1 Å². The number of aromatic nitrogens is 2. The number of carbonyl (C=O) groups is 2. The molecule has 3 rings (SSSR count). The molecule has 2 aromatic rings. The van der Waals surface area contributed by atoms with Gasteiger partial charge in [-0.25, -0.2) is 27.1 Å². The van der Waals surface area contributed by atoms with E-state index in [1.807, 2.05) is 18.7 Å². The molecule has 0 spiro atoms. The minimum absolute atomic E-state index is 0.0509. The number of allylic oxidation sites excluding steroid dienone is 10. The average molecular weight is 848 g/mol. The third-order valence-corrected chi connectivity index (χ3v) is 11.1. The van der Waals surface area contributed by atoms with Crippen LogP contribution in [-0.4, -0.2) is 90.0 Å². The molecule has 0 bridgehead atoms. The van der Waals surface area contributed by atoms with Gasteiger partial charge in [0.2, 0.25) is 27.8 Å². The minimum atomic E-state index is -3.69. The van der Waals surface area contributed by atoms with Crippen LogP contribution >= 0.6 is 0 Å². The summed E-state index contributed by atoms with van der Waals surface area (Å²) in [6, 6.07) is 5.49. The van der Waals surface area contributed by atoms with Crippen molar-refractivity contribution in [3.05, 3.63) is 108 Å². The molecule has 13 heteroatoms. The zero-order valence-corrected chi connectivity index (χ0v) is 36.9. The molecule has 1 saturated heterocycles. The normalized spacial score (nSPS) is 15.5. The van der Waals surface area contributed by atoms with Crippen LogP contribution in [0, 0.1) is 5.82 Å². The second-order valence-electron chi connectivity index (χ2n) is 15.4. The molecule has 1 aliphatic heterocycles. The van der Waals surface area contributed by atoms with Gasteiger partial charge in [0, 0.05) is 50.1 Å². The zero-order chi connectivity index (χ0) is 43.9. The largest absolute Gasteiger partial charge is 0.392 e. The first kappa shape index (κ1) is 49.6. The Hall–Kier alpha value is -4.72. The van der Waals surface area contributed by atoms with Crippen molar-refractivity contribution in [2.75, 3.05) is 30.7 Å². The molecule has 1 fully saturated rings. The molecule has 0 unspecified atom stereocenters. The number of amides is 2. The summed E-state index contributed by atoms with van der Waals surface area (Å²) >= 11 is 0. The number of hydrogen-bond donors (Lipinski definition) is 3. The third-order valence-electron chi connectivity index (χ3n) is 9.96. The zero-order valence-electron chi connectivity index (χ0n) is 36.0. The van der Waals surface area contributed by atoms with Crippen molar-refractivity contribution >= 4 is 33.9 Å². The van der Waals surface area contributed by atoms with Gasteiger partial charge in [0.05, 0.1) is 36.3 Å². The standard InChI is InChI=1S/C47H66FN5O6S/c1-6-7-8-9-10-11-12-13-14-15-16-17-18-19-20-21-22-23-44(57)53-32-30-39(31-33-53)49-43(56)35-41(55)34-40(54)28-29-42-45(36(2)3)50-47(52(4)60(5,58)59)51-46(42)37-24-26-38(48)27-25-37/h7-8,10-11,13-14,16-17,19-20,24-29,36,39-41,54-55H,6,9,12,15,18,21-23,30-35H2,1-5H3,(H,49,56)/b8-7-,11-10-,14-13-,17-16-,20-19-,29-28+/t40-,41-/m1/s1. The van der Waals surface area contributed by atoms with Crippen molar-refractivity contribution in [3.8, 4) is 11.3 Å². The number of sulfonamides is 1. The lowest BCUT2D eigenvalue weighted by Crippen LogP contribution is -2.47. The first-order chi connectivity index (χ1) is 28.7. The number of aliphatic hydroxyl groups is 2. The van der Waals surface area contributed by atoms with Crippen LogP contribution < -0.4 is 9.62 Å². The Morgan fingerprint density at radius 3 is 2.03 bits per heavy atom. The lowest BCUT2D eigenvalue weighted by Gasteiger charge is -2.32. The highest BCUT2D eigenvalue weighted by atomic mass is 32.2. The predicted octanol–water partition coefficient (Wildman–Crippen LogP) is 8.35. The van der Waals surface area contributed by atoms with Gasteiger partial charge in [-0.05, 0) is 88.0 Å². The lowest BCUT2D eigenvalue weighted by atomic mass is 9.97. The maximum atomic E-state index is 13.8. The van der Waals surface area contributed by atoms with Crippen LogP contribution in [0.25, 0.3) is 17.3 Å². The summed E-state index contributed by atoms with van der Waals surface area (Å²) in [5, 5.41) is 24.5. The first-order valence-corrected chi connectivity index (χ1v) is 23.0. The Labute approximate surface area is 357 Å². The molecule has 328 valence electrons. The average Bonchev–Trinajstić information content (AvgIpc) is 3.20. The van der Waals surface area contributed by atoms with Crippen molar-refractivity contribution in [3.63, 3.8) is 0 Å². The van der Waals surface area contributed by atoms with Gasteiger partial charge in [-0.2, -0.15) is 0 Å². The number of nitrogens with zero attached hydrogens (tertiary/aromatic N) is 4. The third kappa shape index (κ3) is 18.3. The van der Waals surface area contributed by atoms with Crippen LogP contribution in [0.4, 0.5) is 10.3 Å². The van der Waals surface area contributed by atoms with E-state index >= 15 is 0 Å². The molecule has 1 aliphatic rings. The fourth-order valence-electron chi connectivity index (χ4n) is 6.52. The number of nitrogens with one attached hydrogen (secondary N) is 1. The molecular weight excluding hydrogens is 782 g/mol. The number of aliphatic hydroxyl groups excluding tert-OH is 2. The highest BCUT2D eigenvalue weighted by Gasteiger charge is 2.25. The van der Waals surface area contributed by atoms with Crippen LogP contribution in [0.2, 0.25) is 0 Å². The number of anilines is 1. The van der Waals surface area contributed by atoms with E-state index in [1.54, 1.807) is 6.08 Å². The monoisotopic (exact) mass is 847 g/mol. The number of rotatable bonds is 24. The molecule has 2 amide bonds. The molecule has 2 heterocycles. The maximum absolute atomic E-state index is 13.8. The quantitative estimate of drug-likeness (QED) is 0.0705. The van der Waals surface area contributed by atoms with E-state index in [-0.39, 0.29) is 42.6 Å².